The lowest BCUT2D eigenvalue weighted by Crippen LogP contribution is -2.05. The van der Waals surface area contributed by atoms with Crippen LogP contribution in [0.1, 0.15) is 24.8 Å². The number of hydrogen-bond donors (Lipinski definition) is 0. The molecular formula is C11H14O2. The number of hydrogen-bond acceptors (Lipinski definition) is 2. The summed E-state index contributed by atoms with van der Waals surface area (Å²) in [5, 5.41) is 0. The maximum Gasteiger partial charge on any atom is 0.306 e. The molecule has 0 saturated heterocycles. The van der Waals surface area contributed by atoms with Gasteiger partial charge in [-0.25, -0.2) is 0 Å². The first kappa shape index (κ1) is 9.78. The molecule has 2 nitrogen and oxygen atoms in total. The molecular weight excluding hydrogens is 164 g/mol. The van der Waals surface area contributed by atoms with Crippen molar-refractivity contribution < 1.29 is 9.53 Å². The van der Waals surface area contributed by atoms with Crippen LogP contribution in [0.3, 0.4) is 0 Å². The van der Waals surface area contributed by atoms with E-state index in [2.05, 4.69) is 4.74 Å². The molecule has 0 spiro atoms. The number of methoxy groups -OCH3 is 1. The average molecular weight is 178 g/mol. The third kappa shape index (κ3) is 2.90. The van der Waals surface area contributed by atoms with Gasteiger partial charge in [-0.2, -0.15) is 0 Å². The SMILES string of the molecule is COC(=O)CC(C)c1ccccc1. The van der Waals surface area contributed by atoms with Gasteiger partial charge in [0.1, 0.15) is 0 Å². The first-order valence-corrected chi connectivity index (χ1v) is 4.36. The summed E-state index contributed by atoms with van der Waals surface area (Å²) in [6.07, 6.45) is 0.445. The lowest BCUT2D eigenvalue weighted by atomic mass is 9.98. The van der Waals surface area contributed by atoms with E-state index in [0.29, 0.717) is 6.42 Å². The fraction of sp³-hybridized carbons (Fsp3) is 0.364. The molecule has 0 bridgehead atoms. The third-order valence-corrected chi connectivity index (χ3v) is 2.07. The second-order valence-corrected chi connectivity index (χ2v) is 3.09. The summed E-state index contributed by atoms with van der Waals surface area (Å²) >= 11 is 0. The first-order chi connectivity index (χ1) is 6.24. The minimum absolute atomic E-state index is 0.156. The van der Waals surface area contributed by atoms with Crippen molar-refractivity contribution in [3.05, 3.63) is 35.9 Å². The summed E-state index contributed by atoms with van der Waals surface area (Å²) in [5.74, 6) is 0.0741. The summed E-state index contributed by atoms with van der Waals surface area (Å²) in [4.78, 5) is 11.0. The highest BCUT2D eigenvalue weighted by molar-refractivity contribution is 5.70. The molecule has 0 aromatic heterocycles. The lowest BCUT2D eigenvalue weighted by Gasteiger charge is -2.09. The van der Waals surface area contributed by atoms with Gasteiger partial charge in [0.05, 0.1) is 13.5 Å². The van der Waals surface area contributed by atoms with Crippen LogP contribution in [0.5, 0.6) is 0 Å². The largest absolute Gasteiger partial charge is 0.469 e. The molecule has 1 aromatic rings. The third-order valence-electron chi connectivity index (χ3n) is 2.07. The summed E-state index contributed by atoms with van der Waals surface area (Å²) < 4.78 is 4.60. The quantitative estimate of drug-likeness (QED) is 0.664. The summed E-state index contributed by atoms with van der Waals surface area (Å²) in [6.45, 7) is 2.02. The van der Waals surface area contributed by atoms with E-state index < -0.39 is 0 Å². The summed E-state index contributed by atoms with van der Waals surface area (Å²) in [5.41, 5.74) is 1.17. The highest BCUT2D eigenvalue weighted by Crippen LogP contribution is 2.18. The lowest BCUT2D eigenvalue weighted by molar-refractivity contribution is -0.140. The summed E-state index contributed by atoms with van der Waals surface area (Å²) in [7, 11) is 1.42. The Bertz CT molecular complexity index is 267. The zero-order chi connectivity index (χ0) is 9.68. The minimum Gasteiger partial charge on any atom is -0.469 e. The van der Waals surface area contributed by atoms with Crippen molar-refractivity contribution in [3.8, 4) is 0 Å². The number of rotatable bonds is 3. The van der Waals surface area contributed by atoms with Crippen molar-refractivity contribution in [1.29, 1.82) is 0 Å². The van der Waals surface area contributed by atoms with E-state index >= 15 is 0 Å². The van der Waals surface area contributed by atoms with E-state index in [4.69, 9.17) is 0 Å². The van der Waals surface area contributed by atoms with Gasteiger partial charge in [-0.15, -0.1) is 0 Å². The Balaban J connectivity index is 2.59. The van der Waals surface area contributed by atoms with Gasteiger partial charge >= 0.3 is 5.97 Å². The second kappa shape index (κ2) is 4.65. The molecule has 0 fully saturated rings. The van der Waals surface area contributed by atoms with Crippen molar-refractivity contribution >= 4 is 5.97 Å². The highest BCUT2D eigenvalue weighted by Gasteiger charge is 2.10. The maximum atomic E-state index is 11.0. The van der Waals surface area contributed by atoms with Crippen molar-refractivity contribution in [1.82, 2.24) is 0 Å². The van der Waals surface area contributed by atoms with Crippen LogP contribution in [0, 0.1) is 0 Å². The van der Waals surface area contributed by atoms with E-state index in [-0.39, 0.29) is 11.9 Å². The zero-order valence-corrected chi connectivity index (χ0v) is 7.99. The molecule has 2 heteroatoms. The van der Waals surface area contributed by atoms with Crippen LogP contribution in [0.2, 0.25) is 0 Å². The van der Waals surface area contributed by atoms with Crippen molar-refractivity contribution in [3.63, 3.8) is 0 Å². The monoisotopic (exact) mass is 178 g/mol. The van der Waals surface area contributed by atoms with Crippen LogP contribution < -0.4 is 0 Å². The van der Waals surface area contributed by atoms with Gasteiger partial charge in [0.2, 0.25) is 0 Å². The predicted octanol–water partition coefficient (Wildman–Crippen LogP) is 2.35. The fourth-order valence-corrected chi connectivity index (χ4v) is 1.23. The van der Waals surface area contributed by atoms with Crippen LogP contribution in [0.4, 0.5) is 0 Å². The van der Waals surface area contributed by atoms with Crippen LogP contribution >= 0.6 is 0 Å². The number of esters is 1. The van der Waals surface area contributed by atoms with Gasteiger partial charge in [0, 0.05) is 0 Å². The van der Waals surface area contributed by atoms with Crippen molar-refractivity contribution in [2.24, 2.45) is 0 Å². The standard InChI is InChI=1S/C11H14O2/c1-9(8-11(12)13-2)10-6-4-3-5-7-10/h3-7,9H,8H2,1-2H3. The Morgan fingerprint density at radius 2 is 2.00 bits per heavy atom. The van der Waals surface area contributed by atoms with E-state index in [9.17, 15) is 4.79 Å². The average Bonchev–Trinajstić information content (AvgIpc) is 2.19. The summed E-state index contributed by atoms with van der Waals surface area (Å²) in [6, 6.07) is 9.96. The highest BCUT2D eigenvalue weighted by atomic mass is 16.5. The predicted molar refractivity (Wildman–Crippen MR) is 51.5 cm³/mol. The smallest absolute Gasteiger partial charge is 0.306 e. The molecule has 1 aromatic carbocycles. The van der Waals surface area contributed by atoms with Gasteiger partial charge in [-0.05, 0) is 11.5 Å². The van der Waals surface area contributed by atoms with Gasteiger partial charge in [-0.3, -0.25) is 4.79 Å². The Hall–Kier alpha value is -1.31. The number of carbonyl (C=O) groups is 1. The molecule has 1 rings (SSSR count). The Kier molecular flexibility index (Phi) is 3.50. The minimum atomic E-state index is -0.156. The number of ether oxygens (including phenoxy) is 1. The second-order valence-electron chi connectivity index (χ2n) is 3.09. The van der Waals surface area contributed by atoms with Gasteiger partial charge < -0.3 is 4.74 Å². The molecule has 0 heterocycles. The van der Waals surface area contributed by atoms with Crippen LogP contribution in [-0.2, 0) is 9.53 Å². The van der Waals surface area contributed by atoms with E-state index in [1.165, 1.54) is 12.7 Å². The molecule has 0 saturated carbocycles. The van der Waals surface area contributed by atoms with Gasteiger partial charge in [-0.1, -0.05) is 37.3 Å². The maximum absolute atomic E-state index is 11.0. The van der Waals surface area contributed by atoms with Crippen LogP contribution in [0.25, 0.3) is 0 Å². The van der Waals surface area contributed by atoms with Crippen molar-refractivity contribution in [2.75, 3.05) is 7.11 Å². The Morgan fingerprint density at radius 3 is 2.54 bits per heavy atom. The molecule has 0 amide bonds. The van der Waals surface area contributed by atoms with E-state index in [1.54, 1.807) is 0 Å². The van der Waals surface area contributed by atoms with Crippen LogP contribution in [0.15, 0.2) is 30.3 Å². The number of carbonyl (C=O) groups excluding carboxylic acids is 1. The Labute approximate surface area is 78.5 Å². The molecule has 0 aliphatic rings. The molecule has 70 valence electrons. The molecule has 1 unspecified atom stereocenters. The zero-order valence-electron chi connectivity index (χ0n) is 7.99. The molecule has 0 radical (unpaired) electrons. The molecule has 0 N–H and O–H groups in total. The van der Waals surface area contributed by atoms with Crippen molar-refractivity contribution in [2.45, 2.75) is 19.3 Å². The van der Waals surface area contributed by atoms with Crippen LogP contribution in [-0.4, -0.2) is 13.1 Å². The molecule has 1 atom stereocenters. The first-order valence-electron chi connectivity index (χ1n) is 4.36. The van der Waals surface area contributed by atoms with E-state index in [0.717, 1.165) is 0 Å². The molecule has 13 heavy (non-hydrogen) atoms. The molecule has 0 aliphatic heterocycles. The fourth-order valence-electron chi connectivity index (χ4n) is 1.23. The number of benzene rings is 1. The molecule has 0 aliphatic carbocycles. The van der Waals surface area contributed by atoms with E-state index in [1.807, 2.05) is 37.3 Å². The topological polar surface area (TPSA) is 26.3 Å². The van der Waals surface area contributed by atoms with Gasteiger partial charge in [0.25, 0.3) is 0 Å². The normalized spacial score (nSPS) is 12.2. The van der Waals surface area contributed by atoms with Gasteiger partial charge in [0.15, 0.2) is 0 Å². The Morgan fingerprint density at radius 1 is 1.38 bits per heavy atom.